The SMILES string of the molecule is CCOC(=O)N1c2cc(OC)c(OC)cc2C(CN(Cc2ccc(C(F)(F)F)cc2C(F)(F)F)C(=O)OC)CC1C. The van der Waals surface area contributed by atoms with Crippen LogP contribution in [0.4, 0.5) is 41.6 Å². The first-order valence-electron chi connectivity index (χ1n) is 12.5. The number of carbonyl (C=O) groups excluding carboxylic acids is 2. The number of hydrogen-bond acceptors (Lipinski definition) is 6. The monoisotopic (exact) mass is 592 g/mol. The number of halogens is 6. The van der Waals surface area contributed by atoms with E-state index in [0.29, 0.717) is 34.9 Å². The van der Waals surface area contributed by atoms with Gasteiger partial charge in [-0.25, -0.2) is 9.59 Å². The summed E-state index contributed by atoms with van der Waals surface area (Å²) >= 11 is 0. The zero-order valence-electron chi connectivity index (χ0n) is 23.0. The summed E-state index contributed by atoms with van der Waals surface area (Å²) < 4.78 is 102. The molecule has 0 fully saturated rings. The number of carbonyl (C=O) groups is 2. The Labute approximate surface area is 232 Å². The first kappa shape index (κ1) is 31.7. The van der Waals surface area contributed by atoms with E-state index in [0.717, 1.165) is 12.0 Å². The summed E-state index contributed by atoms with van der Waals surface area (Å²) in [6, 6.07) is 3.96. The molecule has 0 aromatic heterocycles. The maximum Gasteiger partial charge on any atom is 0.416 e. The highest BCUT2D eigenvalue weighted by Crippen LogP contribution is 2.45. The largest absolute Gasteiger partial charge is 0.493 e. The lowest BCUT2D eigenvalue weighted by atomic mass is 9.85. The standard InChI is InChI=1S/C27H30F6N2O6/c1-6-41-25(37)35-15(2)9-17(19-11-22(38-3)23(39-4)12-21(19)35)14-34(24(36)40-5)13-16-7-8-18(26(28,29)30)10-20(16)27(31,32)33/h7-8,10-12,15,17H,6,9,13-14H2,1-5H3. The molecule has 0 bridgehead atoms. The first-order valence-corrected chi connectivity index (χ1v) is 12.5. The van der Waals surface area contributed by atoms with Gasteiger partial charge in [0.1, 0.15) is 0 Å². The van der Waals surface area contributed by atoms with Crippen molar-refractivity contribution >= 4 is 17.9 Å². The molecule has 0 N–H and O–H groups in total. The zero-order chi connectivity index (χ0) is 30.7. The third kappa shape index (κ3) is 6.91. The van der Waals surface area contributed by atoms with Crippen LogP contribution in [-0.4, -0.2) is 57.6 Å². The van der Waals surface area contributed by atoms with E-state index >= 15 is 0 Å². The zero-order valence-corrected chi connectivity index (χ0v) is 23.0. The van der Waals surface area contributed by atoms with Crippen LogP contribution in [0.5, 0.6) is 11.5 Å². The second kappa shape index (κ2) is 12.4. The molecule has 2 aromatic carbocycles. The molecule has 2 aromatic rings. The van der Waals surface area contributed by atoms with Crippen molar-refractivity contribution in [2.45, 2.75) is 51.1 Å². The minimum atomic E-state index is -5.12. The van der Waals surface area contributed by atoms with E-state index in [2.05, 4.69) is 0 Å². The van der Waals surface area contributed by atoms with Crippen LogP contribution in [0.15, 0.2) is 30.3 Å². The van der Waals surface area contributed by atoms with Crippen molar-refractivity contribution in [1.82, 2.24) is 4.90 Å². The fraction of sp³-hybridized carbons (Fsp3) is 0.481. The van der Waals surface area contributed by atoms with Crippen LogP contribution in [0.2, 0.25) is 0 Å². The van der Waals surface area contributed by atoms with Gasteiger partial charge >= 0.3 is 24.5 Å². The van der Waals surface area contributed by atoms with Crippen molar-refractivity contribution in [3.63, 3.8) is 0 Å². The second-order valence-corrected chi connectivity index (χ2v) is 9.33. The Balaban J connectivity index is 2.08. The van der Waals surface area contributed by atoms with Crippen LogP contribution in [0, 0.1) is 0 Å². The fourth-order valence-electron chi connectivity index (χ4n) is 4.90. The van der Waals surface area contributed by atoms with E-state index in [1.165, 1.54) is 19.1 Å². The number of anilines is 1. The molecule has 1 aliphatic rings. The van der Waals surface area contributed by atoms with Gasteiger partial charge in [-0.3, -0.25) is 4.90 Å². The smallest absolute Gasteiger partial charge is 0.416 e. The van der Waals surface area contributed by atoms with Crippen molar-refractivity contribution in [3.8, 4) is 11.5 Å². The maximum atomic E-state index is 13.8. The van der Waals surface area contributed by atoms with Gasteiger partial charge in [-0.1, -0.05) is 6.07 Å². The number of amides is 2. The van der Waals surface area contributed by atoms with Crippen LogP contribution in [0.25, 0.3) is 0 Å². The van der Waals surface area contributed by atoms with Crippen LogP contribution >= 0.6 is 0 Å². The van der Waals surface area contributed by atoms with Crippen molar-refractivity contribution in [1.29, 1.82) is 0 Å². The van der Waals surface area contributed by atoms with E-state index in [1.807, 2.05) is 0 Å². The highest BCUT2D eigenvalue weighted by Gasteiger charge is 2.40. The number of fused-ring (bicyclic) bond motifs is 1. The Hall–Kier alpha value is -3.84. The van der Waals surface area contributed by atoms with Gasteiger partial charge in [-0.05, 0) is 49.6 Å². The molecule has 8 nitrogen and oxygen atoms in total. The van der Waals surface area contributed by atoms with Gasteiger partial charge in [-0.15, -0.1) is 0 Å². The molecule has 2 amide bonds. The van der Waals surface area contributed by atoms with Crippen molar-refractivity contribution in [2.75, 3.05) is 39.4 Å². The topological polar surface area (TPSA) is 77.5 Å². The predicted molar refractivity (Wildman–Crippen MR) is 135 cm³/mol. The predicted octanol–water partition coefficient (Wildman–Crippen LogP) is 6.85. The van der Waals surface area contributed by atoms with Crippen LogP contribution in [0.3, 0.4) is 0 Å². The number of ether oxygens (including phenoxy) is 4. The maximum absolute atomic E-state index is 13.8. The van der Waals surface area contributed by atoms with E-state index in [-0.39, 0.29) is 25.6 Å². The molecular weight excluding hydrogens is 562 g/mol. The molecule has 0 aliphatic carbocycles. The molecule has 41 heavy (non-hydrogen) atoms. The Morgan fingerprint density at radius 3 is 2.15 bits per heavy atom. The molecule has 2 atom stereocenters. The van der Waals surface area contributed by atoms with Gasteiger partial charge in [0.05, 0.1) is 44.8 Å². The van der Waals surface area contributed by atoms with Crippen LogP contribution < -0.4 is 14.4 Å². The average molecular weight is 593 g/mol. The minimum absolute atomic E-state index is 0.0249. The highest BCUT2D eigenvalue weighted by atomic mass is 19.4. The normalized spacial score (nSPS) is 17.0. The molecular formula is C27H30F6N2O6. The summed E-state index contributed by atoms with van der Waals surface area (Å²) in [6.07, 6.45) is -11.5. The number of methoxy groups -OCH3 is 3. The van der Waals surface area contributed by atoms with Gasteiger partial charge in [0.2, 0.25) is 0 Å². The lowest BCUT2D eigenvalue weighted by Crippen LogP contribution is -2.46. The summed E-state index contributed by atoms with van der Waals surface area (Å²) in [6.45, 7) is 2.63. The lowest BCUT2D eigenvalue weighted by Gasteiger charge is -2.40. The average Bonchev–Trinajstić information content (AvgIpc) is 2.90. The van der Waals surface area contributed by atoms with E-state index in [1.54, 1.807) is 26.0 Å². The number of benzene rings is 2. The summed E-state index contributed by atoms with van der Waals surface area (Å²) in [5, 5.41) is 0. The highest BCUT2D eigenvalue weighted by molar-refractivity contribution is 5.91. The van der Waals surface area contributed by atoms with Crippen LogP contribution in [-0.2, 0) is 28.4 Å². The second-order valence-electron chi connectivity index (χ2n) is 9.33. The van der Waals surface area contributed by atoms with Crippen molar-refractivity contribution in [2.24, 2.45) is 0 Å². The summed E-state index contributed by atoms with van der Waals surface area (Å²) in [5.41, 5.74) is -2.61. The number of hydrogen-bond donors (Lipinski definition) is 0. The Morgan fingerprint density at radius 2 is 1.61 bits per heavy atom. The minimum Gasteiger partial charge on any atom is -0.493 e. The molecule has 14 heteroatoms. The van der Waals surface area contributed by atoms with E-state index < -0.39 is 59.7 Å². The molecule has 1 aliphatic heterocycles. The molecule has 2 unspecified atom stereocenters. The quantitative estimate of drug-likeness (QED) is 0.328. The van der Waals surface area contributed by atoms with Gasteiger partial charge in [0, 0.05) is 31.1 Å². The first-order chi connectivity index (χ1) is 19.2. The molecule has 226 valence electrons. The molecule has 0 saturated carbocycles. The molecule has 1 heterocycles. The van der Waals surface area contributed by atoms with Gasteiger partial charge < -0.3 is 23.8 Å². The number of rotatable bonds is 7. The Bertz CT molecular complexity index is 1270. The molecule has 0 spiro atoms. The Morgan fingerprint density at radius 1 is 0.976 bits per heavy atom. The van der Waals surface area contributed by atoms with Gasteiger partial charge in [0.15, 0.2) is 11.5 Å². The molecule has 0 radical (unpaired) electrons. The Kier molecular flexibility index (Phi) is 9.54. The summed E-state index contributed by atoms with van der Waals surface area (Å²) in [5.74, 6) is 0.0625. The molecule has 3 rings (SSSR count). The number of alkyl halides is 6. The van der Waals surface area contributed by atoms with E-state index in [4.69, 9.17) is 18.9 Å². The van der Waals surface area contributed by atoms with Gasteiger partial charge in [-0.2, -0.15) is 26.3 Å². The van der Waals surface area contributed by atoms with Crippen molar-refractivity contribution in [3.05, 3.63) is 52.6 Å². The lowest BCUT2D eigenvalue weighted by molar-refractivity contribution is -0.143. The van der Waals surface area contributed by atoms with Crippen molar-refractivity contribution < 1.29 is 54.9 Å². The van der Waals surface area contributed by atoms with E-state index in [9.17, 15) is 35.9 Å². The third-order valence-electron chi connectivity index (χ3n) is 6.74. The summed E-state index contributed by atoms with van der Waals surface area (Å²) in [4.78, 5) is 28.0. The van der Waals surface area contributed by atoms with Crippen LogP contribution in [0.1, 0.15) is 48.4 Å². The third-order valence-corrected chi connectivity index (χ3v) is 6.74. The molecule has 0 saturated heterocycles. The van der Waals surface area contributed by atoms with Gasteiger partial charge in [0.25, 0.3) is 0 Å². The summed E-state index contributed by atoms with van der Waals surface area (Å²) in [7, 11) is 3.85. The number of nitrogens with zero attached hydrogens (tertiary/aromatic N) is 2. The fourth-order valence-corrected chi connectivity index (χ4v) is 4.90.